The molecule has 1 aromatic heterocycles. The van der Waals surface area contributed by atoms with Crippen molar-refractivity contribution in [3.8, 4) is 11.5 Å². The normalized spacial score (nSPS) is 16.1. The summed E-state index contributed by atoms with van der Waals surface area (Å²) in [5.41, 5.74) is -2.74. The van der Waals surface area contributed by atoms with Crippen molar-refractivity contribution in [2.24, 2.45) is 0 Å². The Balaban J connectivity index is 1.65. The van der Waals surface area contributed by atoms with E-state index in [2.05, 4.69) is 15.3 Å². The molecular formula is C29H36F3N3O4. The number of aryl methyl sites for hydroxylation is 1. The van der Waals surface area contributed by atoms with Gasteiger partial charge in [-0.15, -0.1) is 0 Å². The molecule has 39 heavy (non-hydrogen) atoms. The summed E-state index contributed by atoms with van der Waals surface area (Å²) in [4.78, 5) is 9.01. The van der Waals surface area contributed by atoms with Crippen LogP contribution >= 0.6 is 0 Å². The van der Waals surface area contributed by atoms with Crippen LogP contribution in [0.3, 0.4) is 0 Å². The van der Waals surface area contributed by atoms with Crippen LogP contribution in [0.5, 0.6) is 11.5 Å². The lowest BCUT2D eigenvalue weighted by molar-refractivity contribution is -0.170. The first-order chi connectivity index (χ1) is 18.3. The maximum atomic E-state index is 15.4. The zero-order valence-electron chi connectivity index (χ0n) is 23.1. The summed E-state index contributed by atoms with van der Waals surface area (Å²) in [6, 6.07) is 6.49. The Kier molecular flexibility index (Phi) is 8.28. The fraction of sp³-hybridized carbons (Fsp3) is 0.517. The molecule has 0 bridgehead atoms. The summed E-state index contributed by atoms with van der Waals surface area (Å²) in [5, 5.41) is 13.7. The summed E-state index contributed by atoms with van der Waals surface area (Å²) in [7, 11) is 1.54. The maximum Gasteiger partial charge on any atom is 0.303 e. The van der Waals surface area contributed by atoms with E-state index in [4.69, 9.17) is 14.2 Å². The van der Waals surface area contributed by atoms with Crippen molar-refractivity contribution in [1.29, 1.82) is 0 Å². The number of nitrogens with one attached hydrogen (secondary N) is 1. The third kappa shape index (κ3) is 6.06. The zero-order chi connectivity index (χ0) is 28.5. The molecule has 10 heteroatoms. The molecule has 0 amide bonds. The Morgan fingerprint density at radius 2 is 1.85 bits per heavy atom. The number of ether oxygens (including phenoxy) is 3. The molecule has 2 N–H and O–H groups in total. The first-order valence-electron chi connectivity index (χ1n) is 13.1. The van der Waals surface area contributed by atoms with Crippen LogP contribution < -0.4 is 14.8 Å². The highest BCUT2D eigenvalue weighted by molar-refractivity contribution is 5.92. The fourth-order valence-electron chi connectivity index (χ4n) is 4.41. The number of hydrogen-bond acceptors (Lipinski definition) is 7. The number of nitrogens with zero attached hydrogens (tertiary/aromatic N) is 2. The summed E-state index contributed by atoms with van der Waals surface area (Å²) < 4.78 is 62.6. The Morgan fingerprint density at radius 1 is 1.13 bits per heavy atom. The number of rotatable bonds is 11. The second-order valence-electron chi connectivity index (χ2n) is 10.7. The monoisotopic (exact) mass is 547 g/mol. The van der Waals surface area contributed by atoms with Gasteiger partial charge in [-0.3, -0.25) is 0 Å². The number of fused-ring (bicyclic) bond motifs is 1. The minimum absolute atomic E-state index is 0.00703. The molecule has 2 atom stereocenters. The van der Waals surface area contributed by atoms with Crippen LogP contribution in [0.2, 0.25) is 0 Å². The van der Waals surface area contributed by atoms with Crippen molar-refractivity contribution < 1.29 is 32.5 Å². The number of benzene rings is 2. The van der Waals surface area contributed by atoms with E-state index < -0.39 is 28.9 Å². The molecule has 1 fully saturated rings. The number of anilines is 1. The van der Waals surface area contributed by atoms with Crippen LogP contribution in [0.25, 0.3) is 10.9 Å². The molecule has 0 radical (unpaired) electrons. The SMILES string of the molecule is COc1cc2nc(C)nc(N[C@H](C)c3cccc(C(F)(F)C(C)(C)O)c3F)c2cc1OC(C)COC1CCC1. The van der Waals surface area contributed by atoms with Crippen molar-refractivity contribution in [3.63, 3.8) is 0 Å². The Bertz CT molecular complexity index is 1330. The van der Waals surface area contributed by atoms with Gasteiger partial charge in [0.25, 0.3) is 0 Å². The molecule has 4 rings (SSSR count). The van der Waals surface area contributed by atoms with Crippen molar-refractivity contribution >= 4 is 16.7 Å². The molecule has 1 saturated carbocycles. The molecule has 0 saturated heterocycles. The number of methoxy groups -OCH3 is 1. The lowest BCUT2D eigenvalue weighted by Gasteiger charge is -2.30. The number of halogens is 3. The van der Waals surface area contributed by atoms with Crippen molar-refractivity contribution in [3.05, 3.63) is 53.1 Å². The Labute approximate surface area is 226 Å². The number of aromatic nitrogens is 2. The molecule has 3 aromatic rings. The molecule has 1 unspecified atom stereocenters. The second-order valence-corrected chi connectivity index (χ2v) is 10.7. The van der Waals surface area contributed by atoms with E-state index in [1.165, 1.54) is 25.7 Å². The lowest BCUT2D eigenvalue weighted by Crippen LogP contribution is -2.41. The quantitative estimate of drug-likeness (QED) is 0.285. The number of alkyl halides is 2. The fourth-order valence-corrected chi connectivity index (χ4v) is 4.41. The van der Waals surface area contributed by atoms with Crippen molar-refractivity contribution in [1.82, 2.24) is 9.97 Å². The smallest absolute Gasteiger partial charge is 0.303 e. The summed E-state index contributed by atoms with van der Waals surface area (Å²) in [5.74, 6) is -3.09. The van der Waals surface area contributed by atoms with Gasteiger partial charge in [-0.25, -0.2) is 14.4 Å². The van der Waals surface area contributed by atoms with E-state index in [1.807, 2.05) is 6.92 Å². The van der Waals surface area contributed by atoms with E-state index >= 15 is 4.39 Å². The molecule has 1 aliphatic carbocycles. The first kappa shape index (κ1) is 28.9. The number of aliphatic hydroxyl groups is 1. The standard InChI is InChI=1S/C29H36F3N3O4/c1-16(15-38-19-9-7-10-19)39-25-13-21-23(14-24(25)37-6)34-18(3)35-27(21)33-17(2)20-11-8-12-22(26(20)30)29(31,32)28(4,5)36/h8,11-14,16-17,19,36H,7,9-10,15H2,1-6H3,(H,33,34,35)/t16?,17-/m1/s1. The van der Waals surface area contributed by atoms with Gasteiger partial charge in [-0.1, -0.05) is 12.1 Å². The predicted molar refractivity (Wildman–Crippen MR) is 143 cm³/mol. The van der Waals surface area contributed by atoms with Crippen LogP contribution in [0.15, 0.2) is 30.3 Å². The van der Waals surface area contributed by atoms with Crippen LogP contribution in [0.1, 0.15) is 70.0 Å². The largest absolute Gasteiger partial charge is 0.493 e. The highest BCUT2D eigenvalue weighted by Crippen LogP contribution is 2.42. The summed E-state index contributed by atoms with van der Waals surface area (Å²) in [6.07, 6.45) is 3.35. The van der Waals surface area contributed by atoms with Gasteiger partial charge in [0, 0.05) is 17.0 Å². The number of hydrogen-bond donors (Lipinski definition) is 2. The average molecular weight is 548 g/mol. The van der Waals surface area contributed by atoms with Gasteiger partial charge in [0.15, 0.2) is 11.5 Å². The third-order valence-electron chi connectivity index (χ3n) is 6.99. The Hall–Kier alpha value is -3.11. The van der Waals surface area contributed by atoms with Gasteiger partial charge in [0.2, 0.25) is 0 Å². The van der Waals surface area contributed by atoms with Gasteiger partial charge >= 0.3 is 5.92 Å². The maximum absolute atomic E-state index is 15.4. The van der Waals surface area contributed by atoms with E-state index in [1.54, 1.807) is 26.0 Å². The Morgan fingerprint density at radius 3 is 2.46 bits per heavy atom. The molecule has 0 aliphatic heterocycles. The minimum Gasteiger partial charge on any atom is -0.493 e. The molecule has 1 heterocycles. The molecule has 212 valence electrons. The highest BCUT2D eigenvalue weighted by Gasteiger charge is 2.49. The van der Waals surface area contributed by atoms with Crippen molar-refractivity contribution in [2.75, 3.05) is 19.0 Å². The minimum atomic E-state index is -3.80. The van der Waals surface area contributed by atoms with Gasteiger partial charge in [-0.2, -0.15) is 8.78 Å². The van der Waals surface area contributed by atoms with Crippen molar-refractivity contribution in [2.45, 2.75) is 83.7 Å². The van der Waals surface area contributed by atoms with Gasteiger partial charge in [0.1, 0.15) is 29.2 Å². The second kappa shape index (κ2) is 11.2. The highest BCUT2D eigenvalue weighted by atomic mass is 19.3. The van der Waals surface area contributed by atoms with E-state index in [0.29, 0.717) is 40.7 Å². The van der Waals surface area contributed by atoms with E-state index in [0.717, 1.165) is 32.8 Å². The summed E-state index contributed by atoms with van der Waals surface area (Å²) >= 11 is 0. The summed E-state index contributed by atoms with van der Waals surface area (Å²) in [6.45, 7) is 7.61. The van der Waals surface area contributed by atoms with E-state index in [-0.39, 0.29) is 17.8 Å². The van der Waals surface area contributed by atoms with Gasteiger partial charge < -0.3 is 24.6 Å². The first-order valence-corrected chi connectivity index (χ1v) is 13.1. The zero-order valence-corrected chi connectivity index (χ0v) is 23.1. The van der Waals surface area contributed by atoms with Crippen LogP contribution in [0, 0.1) is 12.7 Å². The van der Waals surface area contributed by atoms with E-state index in [9.17, 15) is 13.9 Å². The predicted octanol–water partition coefficient (Wildman–Crippen LogP) is 6.46. The molecule has 7 nitrogen and oxygen atoms in total. The topological polar surface area (TPSA) is 85.7 Å². The lowest BCUT2D eigenvalue weighted by atomic mass is 9.91. The molecule has 1 aliphatic rings. The average Bonchev–Trinajstić information content (AvgIpc) is 2.82. The molecule has 0 spiro atoms. The third-order valence-corrected chi connectivity index (χ3v) is 6.99. The van der Waals surface area contributed by atoms with Gasteiger partial charge in [-0.05, 0) is 66.0 Å². The van der Waals surface area contributed by atoms with Crippen LogP contribution in [0.4, 0.5) is 19.0 Å². The van der Waals surface area contributed by atoms with Crippen LogP contribution in [-0.2, 0) is 10.7 Å². The van der Waals surface area contributed by atoms with Gasteiger partial charge in [0.05, 0.1) is 36.9 Å². The molecular weight excluding hydrogens is 511 g/mol. The van der Waals surface area contributed by atoms with Crippen LogP contribution in [-0.4, -0.2) is 46.6 Å². The molecule has 2 aromatic carbocycles.